The zero-order chi connectivity index (χ0) is 22.4. The van der Waals surface area contributed by atoms with Crippen LogP contribution in [0.25, 0.3) is 11.3 Å². The quantitative estimate of drug-likeness (QED) is 0.653. The third-order valence-corrected chi connectivity index (χ3v) is 7.38. The van der Waals surface area contributed by atoms with Gasteiger partial charge in [0.05, 0.1) is 5.69 Å². The van der Waals surface area contributed by atoms with Crippen LogP contribution in [0.15, 0.2) is 54.6 Å². The second kappa shape index (κ2) is 8.23. The molecule has 0 radical (unpaired) electrons. The maximum atomic E-state index is 12.7. The number of carbonyl (C=O) groups is 1. The highest BCUT2D eigenvalue weighted by atomic mass is 16.7. The number of piperidine rings is 3. The third kappa shape index (κ3) is 3.76. The summed E-state index contributed by atoms with van der Waals surface area (Å²) in [5.74, 6) is 2.36. The van der Waals surface area contributed by atoms with E-state index in [0.717, 1.165) is 30.8 Å². The molecule has 1 aromatic heterocycles. The molecule has 4 atom stereocenters. The molecule has 3 aromatic rings. The molecule has 33 heavy (non-hydrogen) atoms. The van der Waals surface area contributed by atoms with Crippen molar-refractivity contribution in [2.24, 2.45) is 13.0 Å². The Morgan fingerprint density at radius 3 is 2.79 bits per heavy atom. The average molecular weight is 445 g/mol. The van der Waals surface area contributed by atoms with E-state index in [-0.39, 0.29) is 12.7 Å². The van der Waals surface area contributed by atoms with E-state index in [1.807, 2.05) is 6.07 Å². The molecular weight excluding hydrogens is 416 g/mol. The minimum atomic E-state index is -0.0633. The summed E-state index contributed by atoms with van der Waals surface area (Å²) in [4.78, 5) is 15.3. The summed E-state index contributed by atoms with van der Waals surface area (Å²) < 4.78 is 12.8. The zero-order valence-corrected chi connectivity index (χ0v) is 18.7. The van der Waals surface area contributed by atoms with Crippen molar-refractivity contribution in [2.45, 2.75) is 24.8 Å². The van der Waals surface area contributed by atoms with Crippen molar-refractivity contribution in [3.05, 3.63) is 65.9 Å². The van der Waals surface area contributed by atoms with Crippen LogP contribution in [0.2, 0.25) is 0 Å². The molecule has 5 heterocycles. The topological polar surface area (TPSA) is 68.6 Å². The highest BCUT2D eigenvalue weighted by Gasteiger charge is 2.41. The fourth-order valence-electron chi connectivity index (χ4n) is 5.61. The summed E-state index contributed by atoms with van der Waals surface area (Å²) >= 11 is 0. The van der Waals surface area contributed by atoms with Crippen LogP contribution in [-0.2, 0) is 7.05 Å². The summed E-state index contributed by atoms with van der Waals surface area (Å²) in [7, 11) is 2.06. The van der Waals surface area contributed by atoms with Gasteiger partial charge in [-0.05, 0) is 49.6 Å². The molecule has 2 aromatic carbocycles. The van der Waals surface area contributed by atoms with Gasteiger partial charge in [0.25, 0.3) is 5.91 Å². The van der Waals surface area contributed by atoms with E-state index in [2.05, 4.69) is 52.3 Å². The Balaban J connectivity index is 1.11. The van der Waals surface area contributed by atoms with E-state index in [1.165, 1.54) is 12.1 Å². The van der Waals surface area contributed by atoms with E-state index in [1.54, 1.807) is 18.2 Å². The Bertz CT molecular complexity index is 1180. The number of aromatic nitrogens is 2. The SMILES string of the molecule is Cn1nc(-c2ccccc2)cc1C1CN2CCC1CC2CNC(=O)c1ccc2c(c1)OCO2. The zero-order valence-electron chi connectivity index (χ0n) is 18.7. The minimum Gasteiger partial charge on any atom is -0.454 e. The van der Waals surface area contributed by atoms with E-state index < -0.39 is 0 Å². The number of carbonyl (C=O) groups excluding carboxylic acids is 1. The van der Waals surface area contributed by atoms with Crippen LogP contribution in [0.1, 0.15) is 34.8 Å². The maximum absolute atomic E-state index is 12.7. The van der Waals surface area contributed by atoms with Gasteiger partial charge in [0.1, 0.15) is 0 Å². The Labute approximate surface area is 193 Å². The normalized spacial score (nSPS) is 25.2. The van der Waals surface area contributed by atoms with Crippen LogP contribution in [0, 0.1) is 5.92 Å². The number of aryl methyl sites for hydroxylation is 1. The van der Waals surface area contributed by atoms with Crippen LogP contribution in [0.5, 0.6) is 11.5 Å². The first-order valence-electron chi connectivity index (χ1n) is 11.7. The van der Waals surface area contributed by atoms with Gasteiger partial charge in [-0.25, -0.2) is 0 Å². The fourth-order valence-corrected chi connectivity index (χ4v) is 5.61. The van der Waals surface area contributed by atoms with Crippen LogP contribution >= 0.6 is 0 Å². The lowest BCUT2D eigenvalue weighted by Gasteiger charge is -2.50. The number of fused-ring (bicyclic) bond motifs is 4. The van der Waals surface area contributed by atoms with E-state index in [0.29, 0.717) is 41.5 Å². The van der Waals surface area contributed by atoms with Crippen molar-refractivity contribution in [3.8, 4) is 22.8 Å². The fraction of sp³-hybridized carbons (Fsp3) is 0.385. The monoisotopic (exact) mass is 444 g/mol. The molecule has 0 spiro atoms. The van der Waals surface area contributed by atoms with Crippen LogP contribution in [0.3, 0.4) is 0 Å². The van der Waals surface area contributed by atoms with Crippen LogP contribution in [0.4, 0.5) is 0 Å². The number of amides is 1. The van der Waals surface area contributed by atoms with Crippen molar-refractivity contribution in [1.82, 2.24) is 20.0 Å². The molecule has 4 unspecified atom stereocenters. The molecule has 3 fully saturated rings. The minimum absolute atomic E-state index is 0.0633. The van der Waals surface area contributed by atoms with Crippen LogP contribution in [-0.4, -0.2) is 53.1 Å². The second-order valence-corrected chi connectivity index (χ2v) is 9.26. The number of hydrogen-bond acceptors (Lipinski definition) is 5. The van der Waals surface area contributed by atoms with Crippen molar-refractivity contribution in [2.75, 3.05) is 26.4 Å². The van der Waals surface area contributed by atoms with E-state index in [4.69, 9.17) is 14.6 Å². The predicted molar refractivity (Wildman–Crippen MR) is 124 cm³/mol. The van der Waals surface area contributed by atoms with Crippen molar-refractivity contribution >= 4 is 5.91 Å². The van der Waals surface area contributed by atoms with Crippen molar-refractivity contribution in [1.29, 1.82) is 0 Å². The predicted octanol–water partition coefficient (Wildman–Crippen LogP) is 3.42. The smallest absolute Gasteiger partial charge is 0.251 e. The lowest BCUT2D eigenvalue weighted by molar-refractivity contribution is 0.0280. The molecule has 1 N–H and O–H groups in total. The summed E-state index contributed by atoms with van der Waals surface area (Å²) in [6.45, 7) is 2.98. The van der Waals surface area contributed by atoms with Gasteiger partial charge in [-0.3, -0.25) is 14.4 Å². The summed E-state index contributed by atoms with van der Waals surface area (Å²) in [5.41, 5.74) is 4.12. The van der Waals surface area contributed by atoms with Gasteiger partial charge in [-0.15, -0.1) is 0 Å². The Hall–Kier alpha value is -3.32. The maximum Gasteiger partial charge on any atom is 0.251 e. The third-order valence-electron chi connectivity index (χ3n) is 7.38. The molecule has 7 nitrogen and oxygen atoms in total. The van der Waals surface area contributed by atoms with E-state index >= 15 is 0 Å². The molecule has 2 bridgehead atoms. The highest BCUT2D eigenvalue weighted by Crippen LogP contribution is 2.42. The number of benzene rings is 2. The lowest BCUT2D eigenvalue weighted by Crippen LogP contribution is -2.56. The molecule has 4 aliphatic heterocycles. The van der Waals surface area contributed by atoms with Gasteiger partial charge in [0.2, 0.25) is 6.79 Å². The molecule has 7 heteroatoms. The van der Waals surface area contributed by atoms with Crippen molar-refractivity contribution < 1.29 is 14.3 Å². The number of rotatable bonds is 5. The molecule has 4 aliphatic rings. The van der Waals surface area contributed by atoms with Gasteiger partial charge >= 0.3 is 0 Å². The number of nitrogens with one attached hydrogen (secondary N) is 1. The molecular formula is C26H28N4O3. The van der Waals surface area contributed by atoms with Gasteiger partial charge in [-0.1, -0.05) is 30.3 Å². The second-order valence-electron chi connectivity index (χ2n) is 9.26. The van der Waals surface area contributed by atoms with Gasteiger partial charge in [0, 0.05) is 48.9 Å². The summed E-state index contributed by atoms with van der Waals surface area (Å²) in [6.07, 6.45) is 2.29. The molecule has 0 aliphatic carbocycles. The largest absolute Gasteiger partial charge is 0.454 e. The standard InChI is InChI=1S/C26H28N4O3/c1-29-23(13-22(28-29)17-5-3-2-4-6-17)21-15-30-10-9-18(21)11-20(30)14-27-26(31)19-7-8-24-25(12-19)33-16-32-24/h2-8,12-13,18,20-21H,9-11,14-16H2,1H3,(H,27,31). The van der Waals surface area contributed by atoms with E-state index in [9.17, 15) is 4.79 Å². The van der Waals surface area contributed by atoms with Gasteiger partial charge < -0.3 is 14.8 Å². The summed E-state index contributed by atoms with van der Waals surface area (Å²) in [5, 5.41) is 7.94. The molecule has 1 amide bonds. The first-order valence-corrected chi connectivity index (χ1v) is 11.7. The first kappa shape index (κ1) is 20.3. The average Bonchev–Trinajstić information content (AvgIpc) is 3.49. The Morgan fingerprint density at radius 2 is 1.97 bits per heavy atom. The summed E-state index contributed by atoms with van der Waals surface area (Å²) in [6, 6.07) is 18.4. The number of hydrogen-bond donors (Lipinski definition) is 1. The molecule has 3 saturated heterocycles. The highest BCUT2D eigenvalue weighted by molar-refractivity contribution is 5.95. The Kier molecular flexibility index (Phi) is 5.06. The lowest BCUT2D eigenvalue weighted by atomic mass is 9.74. The molecule has 0 saturated carbocycles. The first-order chi connectivity index (χ1) is 16.2. The molecule has 7 rings (SSSR count). The molecule has 170 valence electrons. The number of nitrogens with zero attached hydrogens (tertiary/aromatic N) is 3. The van der Waals surface area contributed by atoms with Gasteiger partial charge in [-0.2, -0.15) is 5.10 Å². The van der Waals surface area contributed by atoms with Crippen LogP contribution < -0.4 is 14.8 Å². The number of ether oxygens (including phenoxy) is 2. The van der Waals surface area contributed by atoms with Crippen molar-refractivity contribution in [3.63, 3.8) is 0 Å². The Morgan fingerprint density at radius 1 is 1.12 bits per heavy atom. The van der Waals surface area contributed by atoms with Gasteiger partial charge in [0.15, 0.2) is 11.5 Å².